The molecule has 1 unspecified atom stereocenters. The summed E-state index contributed by atoms with van der Waals surface area (Å²) in [6.07, 6.45) is 9.34. The molecule has 5 fully saturated rings. The zero-order chi connectivity index (χ0) is 46.1. The summed E-state index contributed by atoms with van der Waals surface area (Å²) in [6.45, 7) is 5.66. The summed E-state index contributed by atoms with van der Waals surface area (Å²) >= 11 is 0. The Morgan fingerprint density at radius 3 is 2.33 bits per heavy atom. The van der Waals surface area contributed by atoms with Crippen LogP contribution < -0.4 is 10.6 Å². The maximum atomic E-state index is 14.6. The first kappa shape index (κ1) is 43.6. The Labute approximate surface area is 390 Å². The van der Waals surface area contributed by atoms with Crippen LogP contribution in [0, 0.1) is 29.6 Å². The fourth-order valence-electron chi connectivity index (χ4n) is 12.7. The number of ether oxygens (including phenoxy) is 3. The number of imidazole rings is 2. The normalized spacial score (nSPS) is 24.6. The molecule has 3 aliphatic heterocycles. The lowest BCUT2D eigenvalue weighted by Crippen LogP contribution is -2.56. The van der Waals surface area contributed by atoms with Crippen molar-refractivity contribution in [1.82, 2.24) is 40.4 Å². The zero-order valence-electron chi connectivity index (χ0n) is 38.9. The SMILES string of the molecule is COC(=O)N[C@H](C(=O)N1[C@H](c2nc3c([nH]2)CCc2cc(-c4ccc5c(ccc6[nH]c([C@@H]7CCCN7C(=O)[C@@H](NC(=O)OC)C7CCOCC7)nc65)c4)ccc2-3)[C@H]2CC(C3CCC3)[C@@H]1C2)C(C)C. The summed E-state index contributed by atoms with van der Waals surface area (Å²) in [5.41, 5.74) is 8.49. The lowest BCUT2D eigenvalue weighted by Gasteiger charge is -2.45. The first-order valence-electron chi connectivity index (χ1n) is 24.6. The minimum absolute atomic E-state index is 0.0322. The molecule has 3 aliphatic carbocycles. The highest BCUT2D eigenvalue weighted by atomic mass is 16.5. The summed E-state index contributed by atoms with van der Waals surface area (Å²) in [5, 5.41) is 7.82. The van der Waals surface area contributed by atoms with Crippen molar-refractivity contribution in [2.75, 3.05) is 34.0 Å². The minimum Gasteiger partial charge on any atom is -0.453 e. The number of carbonyl (C=O) groups excluding carboxylic acids is 4. The van der Waals surface area contributed by atoms with E-state index in [1.54, 1.807) is 0 Å². The highest BCUT2D eigenvalue weighted by Gasteiger charge is 2.58. The molecule has 2 bridgehead atoms. The van der Waals surface area contributed by atoms with Crippen molar-refractivity contribution in [2.24, 2.45) is 29.6 Å². The van der Waals surface area contributed by atoms with Gasteiger partial charge in [0.25, 0.3) is 0 Å². The van der Waals surface area contributed by atoms with Crippen LogP contribution in [0.3, 0.4) is 0 Å². The highest BCUT2D eigenvalue weighted by Crippen LogP contribution is 2.57. The van der Waals surface area contributed by atoms with Gasteiger partial charge in [-0.05, 0) is 115 Å². The molecule has 11 rings (SSSR count). The number of alkyl carbamates (subject to hydrolysis) is 2. The molecule has 0 radical (unpaired) electrons. The Morgan fingerprint density at radius 1 is 0.791 bits per heavy atom. The summed E-state index contributed by atoms with van der Waals surface area (Å²) in [6, 6.07) is 15.8. The van der Waals surface area contributed by atoms with Gasteiger partial charge >= 0.3 is 12.2 Å². The van der Waals surface area contributed by atoms with Gasteiger partial charge < -0.3 is 44.6 Å². The fourth-order valence-corrected chi connectivity index (χ4v) is 12.7. The number of fused-ring (bicyclic) bond motifs is 8. The maximum absolute atomic E-state index is 14.6. The van der Waals surface area contributed by atoms with Gasteiger partial charge in [-0.2, -0.15) is 0 Å². The van der Waals surface area contributed by atoms with E-state index in [-0.39, 0.29) is 41.8 Å². The molecule has 3 saturated heterocycles. The van der Waals surface area contributed by atoms with Gasteiger partial charge in [0.15, 0.2) is 0 Å². The number of nitrogens with zero attached hydrogens (tertiary/aromatic N) is 4. The molecular formula is C52H62N8O7. The first-order chi connectivity index (χ1) is 32.6. The number of rotatable bonds is 10. The first-order valence-corrected chi connectivity index (χ1v) is 24.6. The number of aromatic nitrogens is 4. The van der Waals surface area contributed by atoms with Crippen LogP contribution in [-0.4, -0.2) is 106 Å². The molecule has 15 heteroatoms. The van der Waals surface area contributed by atoms with E-state index in [2.05, 4.69) is 74.0 Å². The van der Waals surface area contributed by atoms with Crippen molar-refractivity contribution >= 4 is 45.8 Å². The van der Waals surface area contributed by atoms with E-state index in [9.17, 15) is 19.2 Å². The molecule has 2 saturated carbocycles. The Hall–Kier alpha value is -5.96. The average Bonchev–Trinajstić information content (AvgIpc) is 4.19. The molecule has 7 atom stereocenters. The predicted molar refractivity (Wildman–Crippen MR) is 252 cm³/mol. The van der Waals surface area contributed by atoms with Gasteiger partial charge in [0.2, 0.25) is 11.8 Å². The van der Waals surface area contributed by atoms with Gasteiger partial charge in [0, 0.05) is 42.4 Å². The van der Waals surface area contributed by atoms with Gasteiger partial charge in [-0.3, -0.25) is 9.59 Å². The Balaban J connectivity index is 0.846. The van der Waals surface area contributed by atoms with Crippen molar-refractivity contribution in [1.29, 1.82) is 0 Å². The number of carbonyl (C=O) groups is 4. The minimum atomic E-state index is -0.690. The molecule has 67 heavy (non-hydrogen) atoms. The van der Waals surface area contributed by atoms with Crippen LogP contribution >= 0.6 is 0 Å². The van der Waals surface area contributed by atoms with Crippen LogP contribution in [-0.2, 0) is 36.6 Å². The Bertz CT molecular complexity index is 2740. The molecule has 6 aliphatic rings. The van der Waals surface area contributed by atoms with E-state index >= 15 is 0 Å². The lowest BCUT2D eigenvalue weighted by molar-refractivity contribution is -0.142. The summed E-state index contributed by atoms with van der Waals surface area (Å²) in [5.74, 6) is 2.81. The number of aromatic amines is 2. The van der Waals surface area contributed by atoms with E-state index in [4.69, 9.17) is 24.2 Å². The van der Waals surface area contributed by atoms with Crippen LogP contribution in [0.4, 0.5) is 9.59 Å². The van der Waals surface area contributed by atoms with E-state index in [1.165, 1.54) is 39.0 Å². The Morgan fingerprint density at radius 2 is 1.57 bits per heavy atom. The van der Waals surface area contributed by atoms with Crippen molar-refractivity contribution in [3.05, 3.63) is 71.4 Å². The molecule has 5 aromatic rings. The fraction of sp³-hybridized carbons (Fsp3) is 0.538. The van der Waals surface area contributed by atoms with E-state index in [0.717, 1.165) is 100 Å². The second-order valence-electron chi connectivity index (χ2n) is 20.3. The second kappa shape index (κ2) is 17.6. The standard InChI is InChI=1S/C52H62N8O7/c1-27(2)42(57-51(63)65-3)50(62)60-41-26-34(25-37(41)28-7-5-8-28)46(60)48-54-39-17-13-33-24-31(11-15-36(33)45(39)56-48)30-10-14-35-32(23-30)12-16-38-44(35)55-47(53-38)40-9-6-20-59(40)49(61)43(58-52(64)66-4)29-18-21-67-22-19-29/h10-12,14-16,23-24,27-29,34,37,40-43,46H,5-9,13,17-22,25-26H2,1-4H3,(H,53,55)(H,54,56)(H,57,63)(H,58,64)/t34-,37?,40-,41-,42-,43-,46-/m0/s1. The molecule has 0 spiro atoms. The number of nitrogens with one attached hydrogen (secondary N) is 4. The number of likely N-dealkylation sites (tertiary alicyclic amines) is 2. The molecule has 3 aromatic carbocycles. The van der Waals surface area contributed by atoms with Crippen LogP contribution in [0.5, 0.6) is 0 Å². The smallest absolute Gasteiger partial charge is 0.407 e. The Kier molecular flexibility index (Phi) is 11.5. The largest absolute Gasteiger partial charge is 0.453 e. The maximum Gasteiger partial charge on any atom is 0.407 e. The third-order valence-corrected chi connectivity index (χ3v) is 16.3. The van der Waals surface area contributed by atoms with Gasteiger partial charge in [-0.15, -0.1) is 0 Å². The third kappa shape index (κ3) is 7.70. The highest BCUT2D eigenvalue weighted by molar-refractivity contribution is 6.05. The molecule has 5 heterocycles. The number of benzene rings is 3. The second-order valence-corrected chi connectivity index (χ2v) is 20.3. The molecule has 352 valence electrons. The van der Waals surface area contributed by atoms with Gasteiger partial charge in [-0.1, -0.05) is 69.5 Å². The van der Waals surface area contributed by atoms with Gasteiger partial charge in [0.1, 0.15) is 23.7 Å². The molecule has 2 aromatic heterocycles. The topological polar surface area (TPSA) is 184 Å². The van der Waals surface area contributed by atoms with Crippen LogP contribution in [0.2, 0.25) is 0 Å². The number of hydrogen-bond acceptors (Lipinski definition) is 9. The van der Waals surface area contributed by atoms with Crippen molar-refractivity contribution in [3.63, 3.8) is 0 Å². The summed E-state index contributed by atoms with van der Waals surface area (Å²) < 4.78 is 15.4. The lowest BCUT2D eigenvalue weighted by atomic mass is 9.71. The van der Waals surface area contributed by atoms with Crippen LogP contribution in [0.15, 0.2) is 48.5 Å². The van der Waals surface area contributed by atoms with E-state index in [1.807, 2.05) is 18.7 Å². The van der Waals surface area contributed by atoms with Gasteiger partial charge in [-0.25, -0.2) is 19.6 Å². The number of hydrogen-bond donors (Lipinski definition) is 4. The van der Waals surface area contributed by atoms with E-state index < -0.39 is 24.3 Å². The number of methoxy groups -OCH3 is 2. The van der Waals surface area contributed by atoms with Gasteiger partial charge in [0.05, 0.1) is 43.0 Å². The number of aryl methyl sites for hydroxylation is 2. The average molecular weight is 911 g/mol. The quantitative estimate of drug-likeness (QED) is 0.107. The monoisotopic (exact) mass is 910 g/mol. The van der Waals surface area contributed by atoms with Crippen molar-refractivity contribution in [3.8, 4) is 22.4 Å². The summed E-state index contributed by atoms with van der Waals surface area (Å²) in [4.78, 5) is 75.5. The zero-order valence-corrected chi connectivity index (χ0v) is 38.9. The molecular weight excluding hydrogens is 849 g/mol. The number of H-pyrrole nitrogens is 2. The molecule has 4 N–H and O–H groups in total. The van der Waals surface area contributed by atoms with Crippen LogP contribution in [0.1, 0.15) is 107 Å². The predicted octanol–water partition coefficient (Wildman–Crippen LogP) is 8.15. The van der Waals surface area contributed by atoms with Crippen molar-refractivity contribution in [2.45, 2.75) is 115 Å². The molecule has 4 amide bonds. The van der Waals surface area contributed by atoms with Crippen LogP contribution in [0.25, 0.3) is 44.2 Å². The number of amides is 4. The number of piperidine rings is 1. The van der Waals surface area contributed by atoms with Crippen molar-refractivity contribution < 1.29 is 33.4 Å². The van der Waals surface area contributed by atoms with E-state index in [0.29, 0.717) is 50.4 Å². The summed E-state index contributed by atoms with van der Waals surface area (Å²) in [7, 11) is 2.66. The third-order valence-electron chi connectivity index (χ3n) is 16.3. The molecule has 15 nitrogen and oxygen atoms in total.